The van der Waals surface area contributed by atoms with Crippen LogP contribution in [0.5, 0.6) is 0 Å². The zero-order valence-electron chi connectivity index (χ0n) is 7.51. The van der Waals surface area contributed by atoms with Gasteiger partial charge in [-0.15, -0.1) is 0 Å². The Balaban J connectivity index is 2.72. The number of aryl methyl sites for hydroxylation is 1. The quantitative estimate of drug-likeness (QED) is 0.673. The molecule has 1 aromatic rings. The number of hydrogen-bond acceptors (Lipinski definition) is 2. The molecule has 0 aromatic heterocycles. The Hall–Kier alpha value is -1.18. The van der Waals surface area contributed by atoms with E-state index in [1.165, 1.54) is 18.4 Å². The maximum atomic E-state index is 5.65. The molecule has 0 unspecified atom stereocenters. The molecule has 0 aliphatic carbocycles. The van der Waals surface area contributed by atoms with E-state index in [2.05, 4.69) is 6.92 Å². The Kier molecular flexibility index (Phi) is 2.97. The summed E-state index contributed by atoms with van der Waals surface area (Å²) in [5.41, 5.74) is 14.1. The fraction of sp³-hybridized carbons (Fsp3) is 0.400. The molecule has 0 aliphatic heterocycles. The minimum atomic E-state index is 0.765. The predicted molar refractivity (Wildman–Crippen MR) is 53.9 cm³/mol. The summed E-state index contributed by atoms with van der Waals surface area (Å²) >= 11 is 0. The smallest absolute Gasteiger partial charge is 0.0337 e. The first kappa shape index (κ1) is 8.91. The summed E-state index contributed by atoms with van der Waals surface area (Å²) in [5, 5.41) is 0. The highest BCUT2D eigenvalue weighted by molar-refractivity contribution is 5.54. The van der Waals surface area contributed by atoms with Gasteiger partial charge in [-0.2, -0.15) is 0 Å². The topological polar surface area (TPSA) is 52.0 Å². The predicted octanol–water partition coefficient (Wildman–Crippen LogP) is 2.19. The molecule has 0 saturated carbocycles. The molecule has 1 aromatic carbocycles. The maximum absolute atomic E-state index is 5.65. The molecule has 2 heteroatoms. The van der Waals surface area contributed by atoms with Gasteiger partial charge in [0, 0.05) is 11.4 Å². The van der Waals surface area contributed by atoms with Gasteiger partial charge >= 0.3 is 0 Å². The van der Waals surface area contributed by atoms with E-state index in [1.807, 2.05) is 12.1 Å². The summed E-state index contributed by atoms with van der Waals surface area (Å²) in [6.45, 7) is 2.18. The molecule has 0 atom stereocenters. The minimum absolute atomic E-state index is 0.765. The van der Waals surface area contributed by atoms with Crippen molar-refractivity contribution < 1.29 is 0 Å². The Labute approximate surface area is 73.6 Å². The molecular weight excluding hydrogens is 148 g/mol. The van der Waals surface area contributed by atoms with E-state index < -0.39 is 0 Å². The van der Waals surface area contributed by atoms with Crippen LogP contribution in [0.4, 0.5) is 11.4 Å². The van der Waals surface area contributed by atoms with Gasteiger partial charge in [0.25, 0.3) is 0 Å². The fourth-order valence-corrected chi connectivity index (χ4v) is 1.27. The SMILES string of the molecule is CCCCc1cc(N)cc(N)c1. The van der Waals surface area contributed by atoms with Crippen molar-refractivity contribution in [2.24, 2.45) is 0 Å². The van der Waals surface area contributed by atoms with Crippen LogP contribution in [-0.4, -0.2) is 0 Å². The van der Waals surface area contributed by atoms with Crippen LogP contribution in [-0.2, 0) is 6.42 Å². The van der Waals surface area contributed by atoms with Gasteiger partial charge < -0.3 is 11.5 Å². The lowest BCUT2D eigenvalue weighted by Crippen LogP contribution is -1.93. The molecule has 2 nitrogen and oxygen atoms in total. The number of anilines is 2. The fourth-order valence-electron chi connectivity index (χ4n) is 1.27. The van der Waals surface area contributed by atoms with Gasteiger partial charge in [-0.25, -0.2) is 0 Å². The van der Waals surface area contributed by atoms with E-state index in [-0.39, 0.29) is 0 Å². The second-order valence-electron chi connectivity index (χ2n) is 3.11. The summed E-state index contributed by atoms with van der Waals surface area (Å²) < 4.78 is 0. The first-order valence-electron chi connectivity index (χ1n) is 4.37. The molecule has 0 amide bonds. The van der Waals surface area contributed by atoms with Crippen LogP contribution in [0.2, 0.25) is 0 Å². The first-order chi connectivity index (χ1) is 5.72. The largest absolute Gasteiger partial charge is 0.399 e. The average Bonchev–Trinajstić information content (AvgIpc) is 1.99. The van der Waals surface area contributed by atoms with Crippen molar-refractivity contribution in [2.75, 3.05) is 11.5 Å². The number of hydrogen-bond donors (Lipinski definition) is 2. The van der Waals surface area contributed by atoms with Gasteiger partial charge in [0.1, 0.15) is 0 Å². The Morgan fingerprint density at radius 3 is 2.17 bits per heavy atom. The molecule has 0 aliphatic rings. The van der Waals surface area contributed by atoms with Crippen molar-refractivity contribution >= 4 is 11.4 Å². The molecule has 12 heavy (non-hydrogen) atoms. The molecule has 1 rings (SSSR count). The lowest BCUT2D eigenvalue weighted by Gasteiger charge is -2.03. The van der Waals surface area contributed by atoms with Gasteiger partial charge in [0.2, 0.25) is 0 Å². The van der Waals surface area contributed by atoms with E-state index in [0.717, 1.165) is 17.8 Å². The number of unbranched alkanes of at least 4 members (excludes halogenated alkanes) is 1. The van der Waals surface area contributed by atoms with E-state index in [1.54, 1.807) is 6.07 Å². The van der Waals surface area contributed by atoms with Crippen LogP contribution in [0.15, 0.2) is 18.2 Å². The van der Waals surface area contributed by atoms with Gasteiger partial charge in [0.05, 0.1) is 0 Å². The molecule has 0 bridgehead atoms. The number of rotatable bonds is 3. The highest BCUT2D eigenvalue weighted by atomic mass is 14.6. The van der Waals surface area contributed by atoms with Crippen LogP contribution in [0, 0.1) is 0 Å². The van der Waals surface area contributed by atoms with E-state index >= 15 is 0 Å². The van der Waals surface area contributed by atoms with Crippen LogP contribution in [0.1, 0.15) is 25.3 Å². The van der Waals surface area contributed by atoms with E-state index in [0.29, 0.717) is 0 Å². The molecule has 66 valence electrons. The van der Waals surface area contributed by atoms with Crippen LogP contribution in [0.25, 0.3) is 0 Å². The lowest BCUT2D eigenvalue weighted by atomic mass is 10.1. The molecule has 0 heterocycles. The summed E-state index contributed by atoms with van der Waals surface area (Å²) in [4.78, 5) is 0. The van der Waals surface area contributed by atoms with E-state index in [4.69, 9.17) is 11.5 Å². The Bertz CT molecular complexity index is 236. The Morgan fingerprint density at radius 1 is 1.08 bits per heavy atom. The summed E-state index contributed by atoms with van der Waals surface area (Å²) in [7, 11) is 0. The standard InChI is InChI=1S/C10H16N2/c1-2-3-4-8-5-9(11)7-10(12)6-8/h5-7H,2-4,11-12H2,1H3. The highest BCUT2D eigenvalue weighted by Gasteiger charge is 1.95. The first-order valence-corrected chi connectivity index (χ1v) is 4.37. The summed E-state index contributed by atoms with van der Waals surface area (Å²) in [5.74, 6) is 0. The van der Waals surface area contributed by atoms with E-state index in [9.17, 15) is 0 Å². The second-order valence-corrected chi connectivity index (χ2v) is 3.11. The van der Waals surface area contributed by atoms with Crippen LogP contribution >= 0.6 is 0 Å². The van der Waals surface area contributed by atoms with Gasteiger partial charge in [-0.1, -0.05) is 13.3 Å². The van der Waals surface area contributed by atoms with Crippen molar-refractivity contribution in [3.05, 3.63) is 23.8 Å². The summed E-state index contributed by atoms with van der Waals surface area (Å²) in [6, 6.07) is 5.77. The normalized spacial score (nSPS) is 10.1. The van der Waals surface area contributed by atoms with Crippen molar-refractivity contribution in [3.63, 3.8) is 0 Å². The third kappa shape index (κ3) is 2.46. The number of nitrogens with two attached hydrogens (primary N) is 2. The molecule has 0 saturated heterocycles. The maximum Gasteiger partial charge on any atom is 0.0337 e. The molecule has 0 radical (unpaired) electrons. The third-order valence-corrected chi connectivity index (χ3v) is 1.86. The number of nitrogen functional groups attached to an aromatic ring is 2. The summed E-state index contributed by atoms with van der Waals surface area (Å²) in [6.07, 6.45) is 3.48. The van der Waals surface area contributed by atoms with Crippen molar-refractivity contribution in [1.82, 2.24) is 0 Å². The van der Waals surface area contributed by atoms with Crippen LogP contribution < -0.4 is 11.5 Å². The Morgan fingerprint density at radius 2 is 1.67 bits per heavy atom. The molecule has 0 fully saturated rings. The van der Waals surface area contributed by atoms with Crippen molar-refractivity contribution in [1.29, 1.82) is 0 Å². The van der Waals surface area contributed by atoms with Crippen molar-refractivity contribution in [2.45, 2.75) is 26.2 Å². The molecule has 0 spiro atoms. The zero-order chi connectivity index (χ0) is 8.97. The van der Waals surface area contributed by atoms with Crippen molar-refractivity contribution in [3.8, 4) is 0 Å². The highest BCUT2D eigenvalue weighted by Crippen LogP contribution is 2.15. The van der Waals surface area contributed by atoms with Gasteiger partial charge in [0.15, 0.2) is 0 Å². The van der Waals surface area contributed by atoms with Gasteiger partial charge in [-0.05, 0) is 36.6 Å². The van der Waals surface area contributed by atoms with Crippen LogP contribution in [0.3, 0.4) is 0 Å². The van der Waals surface area contributed by atoms with Gasteiger partial charge in [-0.3, -0.25) is 0 Å². The number of benzene rings is 1. The zero-order valence-corrected chi connectivity index (χ0v) is 7.51. The lowest BCUT2D eigenvalue weighted by molar-refractivity contribution is 0.795. The molecular formula is C10H16N2. The average molecular weight is 164 g/mol. The minimum Gasteiger partial charge on any atom is -0.399 e. The second kappa shape index (κ2) is 4.00. The third-order valence-electron chi connectivity index (χ3n) is 1.86. The monoisotopic (exact) mass is 164 g/mol. The molecule has 4 N–H and O–H groups in total.